The summed E-state index contributed by atoms with van der Waals surface area (Å²) < 4.78 is 0. The van der Waals surface area contributed by atoms with Crippen LogP contribution < -0.4 is 11.1 Å². The number of hydrogen-bond acceptors (Lipinski definition) is 9. The third-order valence-corrected chi connectivity index (χ3v) is 8.33. The van der Waals surface area contributed by atoms with Crippen LogP contribution in [0.4, 0.5) is 0 Å². The predicted molar refractivity (Wildman–Crippen MR) is 139 cm³/mol. The van der Waals surface area contributed by atoms with Crippen molar-refractivity contribution in [2.45, 2.75) is 43.9 Å². The molecule has 1 fully saturated rings. The van der Waals surface area contributed by atoms with Gasteiger partial charge in [-0.1, -0.05) is 49.4 Å². The van der Waals surface area contributed by atoms with Gasteiger partial charge in [-0.25, -0.2) is 0 Å². The highest BCUT2D eigenvalue weighted by Gasteiger charge is 2.64. The van der Waals surface area contributed by atoms with Crippen molar-refractivity contribution in [3.8, 4) is 5.75 Å². The van der Waals surface area contributed by atoms with Gasteiger partial charge in [0.2, 0.25) is 5.78 Å². The number of phenolic OH excluding ortho intramolecular Hbond substituents is 1. The summed E-state index contributed by atoms with van der Waals surface area (Å²) in [6.45, 7) is 2.59. The first-order valence-electron chi connectivity index (χ1n) is 12.7. The molecule has 0 radical (unpaired) electrons. The second kappa shape index (κ2) is 9.64. The zero-order chi connectivity index (χ0) is 28.2. The molecule has 204 valence electrons. The van der Waals surface area contributed by atoms with Gasteiger partial charge in [0, 0.05) is 35.9 Å². The molecule has 1 amide bonds. The van der Waals surface area contributed by atoms with Crippen molar-refractivity contribution in [2.24, 2.45) is 17.6 Å². The van der Waals surface area contributed by atoms with E-state index in [2.05, 4.69) is 5.32 Å². The number of aliphatic hydroxyl groups excluding tert-OH is 3. The number of rotatable bonds is 6. The summed E-state index contributed by atoms with van der Waals surface area (Å²) in [5.41, 5.74) is 3.13. The van der Waals surface area contributed by atoms with Gasteiger partial charge in [0.15, 0.2) is 11.4 Å². The van der Waals surface area contributed by atoms with Gasteiger partial charge < -0.3 is 36.6 Å². The smallest absolute Gasteiger partial charge is 0.255 e. The van der Waals surface area contributed by atoms with E-state index in [0.717, 1.165) is 12.0 Å². The zero-order valence-electron chi connectivity index (χ0n) is 21.2. The molecule has 0 heterocycles. The maximum atomic E-state index is 13.7. The second-order valence-corrected chi connectivity index (χ2v) is 10.4. The second-order valence-electron chi connectivity index (χ2n) is 10.4. The normalized spacial score (nSPS) is 28.2. The maximum absolute atomic E-state index is 13.7. The summed E-state index contributed by atoms with van der Waals surface area (Å²) in [6, 6.07) is 13.3. The van der Waals surface area contributed by atoms with Crippen LogP contribution in [0.15, 0.2) is 59.4 Å². The number of primary amides is 1. The van der Waals surface area contributed by atoms with E-state index in [-0.39, 0.29) is 17.9 Å². The fraction of sp³-hybridized carbons (Fsp3) is 0.345. The Bertz CT molecular complexity index is 1450. The number of nitrogens with two attached hydrogens (primary N) is 1. The first kappa shape index (κ1) is 26.6. The van der Waals surface area contributed by atoms with Gasteiger partial charge in [-0.2, -0.15) is 0 Å². The summed E-state index contributed by atoms with van der Waals surface area (Å²) in [7, 11) is 0. The van der Waals surface area contributed by atoms with Gasteiger partial charge in [-0.05, 0) is 30.0 Å². The van der Waals surface area contributed by atoms with E-state index in [1.165, 1.54) is 0 Å². The molecule has 3 aliphatic rings. The lowest BCUT2D eigenvalue weighted by molar-refractivity contribution is -0.160. The monoisotopic (exact) mass is 534 g/mol. The van der Waals surface area contributed by atoms with Gasteiger partial charge in [0.05, 0.1) is 11.7 Å². The number of carbonyl (C=O) groups excluding carboxylic acids is 3. The van der Waals surface area contributed by atoms with Crippen LogP contribution in [0.2, 0.25) is 0 Å². The molecule has 8 N–H and O–H groups in total. The lowest BCUT2D eigenvalue weighted by Gasteiger charge is -2.50. The number of fused-ring (bicyclic) bond motifs is 3. The minimum absolute atomic E-state index is 0.0100. The summed E-state index contributed by atoms with van der Waals surface area (Å²) in [5.74, 6) is -8.64. The SMILES string of the molecule is C[C@H]1c2ccc(CNCCc3ccccc3)c(O)c2C(O)=C2C(=O)[C@]3(O)C(O)=C(C(N)=O)C(=O)C[C@@H]3[C@@H](O)[C@@H]21. The molecule has 0 unspecified atom stereocenters. The van der Waals surface area contributed by atoms with Crippen molar-refractivity contribution in [2.75, 3.05) is 6.54 Å². The van der Waals surface area contributed by atoms with Crippen LogP contribution in [0.3, 0.4) is 0 Å². The van der Waals surface area contributed by atoms with Gasteiger partial charge in [0.25, 0.3) is 5.91 Å². The topological polar surface area (TPSA) is 190 Å². The molecule has 10 heteroatoms. The van der Waals surface area contributed by atoms with Crippen LogP contribution in [0.25, 0.3) is 5.76 Å². The van der Waals surface area contributed by atoms with Crippen molar-refractivity contribution in [3.63, 3.8) is 0 Å². The van der Waals surface area contributed by atoms with Crippen molar-refractivity contribution in [1.82, 2.24) is 5.32 Å². The molecule has 5 rings (SSSR count). The molecule has 1 saturated carbocycles. The van der Waals surface area contributed by atoms with E-state index in [4.69, 9.17) is 5.73 Å². The molecule has 5 atom stereocenters. The minimum atomic E-state index is -2.85. The average molecular weight is 535 g/mol. The molecular weight excluding hydrogens is 504 g/mol. The van der Waals surface area contributed by atoms with Crippen molar-refractivity contribution >= 4 is 23.2 Å². The molecule has 0 aromatic heterocycles. The van der Waals surface area contributed by atoms with Gasteiger partial charge in [0.1, 0.15) is 22.8 Å². The molecule has 39 heavy (non-hydrogen) atoms. The Labute approximate surface area is 224 Å². The van der Waals surface area contributed by atoms with Crippen LogP contribution in [0.1, 0.15) is 41.5 Å². The van der Waals surface area contributed by atoms with E-state index >= 15 is 0 Å². The highest BCUT2D eigenvalue weighted by Crippen LogP contribution is 2.55. The minimum Gasteiger partial charge on any atom is -0.508 e. The summed E-state index contributed by atoms with van der Waals surface area (Å²) in [5, 5.41) is 59.1. The quantitative estimate of drug-likeness (QED) is 0.211. The third-order valence-electron chi connectivity index (χ3n) is 8.33. The number of benzene rings is 2. The standard InChI is InChI=1S/C29H30N2O8/c1-13-16-8-7-15(12-31-10-9-14-5-3-2-4-6-14)23(33)20(16)25(35)22-19(13)24(34)17-11-18(32)21(28(30)38)26(36)29(17,39)27(22)37/h2-8,13,17,19,24,31,33-36,39H,9-12H2,1H3,(H2,30,38)/t13-,17+,19+,24+,29+/m0/s1. The number of carbonyl (C=O) groups is 3. The Morgan fingerprint density at radius 1 is 1.10 bits per heavy atom. The summed E-state index contributed by atoms with van der Waals surface area (Å²) in [6.07, 6.45) is -1.39. The Hall–Kier alpha value is -3.99. The highest BCUT2D eigenvalue weighted by molar-refractivity contribution is 6.23. The molecule has 0 saturated heterocycles. The number of nitrogens with one attached hydrogen (secondary N) is 1. The van der Waals surface area contributed by atoms with E-state index in [0.29, 0.717) is 17.7 Å². The highest BCUT2D eigenvalue weighted by atomic mass is 16.4. The van der Waals surface area contributed by atoms with E-state index in [1.807, 2.05) is 30.3 Å². The fourth-order valence-corrected chi connectivity index (χ4v) is 6.28. The molecular formula is C29H30N2O8. The molecule has 2 aromatic carbocycles. The third kappa shape index (κ3) is 3.94. The van der Waals surface area contributed by atoms with Crippen molar-refractivity contribution in [3.05, 3.63) is 81.6 Å². The Morgan fingerprint density at radius 3 is 2.46 bits per heavy atom. The first-order valence-corrected chi connectivity index (χ1v) is 12.7. The number of ketones is 2. The van der Waals surface area contributed by atoms with Crippen LogP contribution >= 0.6 is 0 Å². The molecule has 3 aliphatic carbocycles. The average Bonchev–Trinajstić information content (AvgIpc) is 2.90. The van der Waals surface area contributed by atoms with Gasteiger partial charge >= 0.3 is 0 Å². The number of aromatic hydroxyl groups is 1. The van der Waals surface area contributed by atoms with Gasteiger partial charge in [-0.3, -0.25) is 14.4 Å². The summed E-state index contributed by atoms with van der Waals surface area (Å²) in [4.78, 5) is 38.1. The van der Waals surface area contributed by atoms with Crippen molar-refractivity contribution < 1.29 is 39.9 Å². The maximum Gasteiger partial charge on any atom is 0.255 e. The fourth-order valence-electron chi connectivity index (χ4n) is 6.28. The number of Topliss-reactive ketones (excluding diaryl/α,β-unsaturated/α-hetero) is 2. The molecule has 0 aliphatic heterocycles. The van der Waals surface area contributed by atoms with Gasteiger partial charge in [-0.15, -0.1) is 0 Å². The summed E-state index contributed by atoms with van der Waals surface area (Å²) >= 11 is 0. The number of phenols is 1. The molecule has 0 bridgehead atoms. The Kier molecular flexibility index (Phi) is 6.58. The van der Waals surface area contributed by atoms with E-state index in [1.54, 1.807) is 19.1 Å². The molecule has 0 spiro atoms. The predicted octanol–water partition coefficient (Wildman–Crippen LogP) is 1.29. The van der Waals surface area contributed by atoms with E-state index < -0.39 is 76.0 Å². The van der Waals surface area contributed by atoms with Crippen LogP contribution in [0, 0.1) is 11.8 Å². The van der Waals surface area contributed by atoms with Crippen molar-refractivity contribution in [1.29, 1.82) is 0 Å². The lowest BCUT2D eigenvalue weighted by atomic mass is 9.55. The molecule has 10 nitrogen and oxygen atoms in total. The first-order chi connectivity index (χ1) is 18.5. The zero-order valence-corrected chi connectivity index (χ0v) is 21.2. The Balaban J connectivity index is 1.52. The number of amides is 1. The molecule has 2 aromatic rings. The van der Waals surface area contributed by atoms with E-state index in [9.17, 15) is 39.9 Å². The van der Waals surface area contributed by atoms with Crippen LogP contribution in [-0.2, 0) is 27.3 Å². The Morgan fingerprint density at radius 2 is 1.79 bits per heavy atom. The van der Waals surface area contributed by atoms with Crippen LogP contribution in [-0.4, -0.2) is 61.3 Å². The number of hydrogen-bond donors (Lipinski definition) is 7. The number of aliphatic hydroxyl groups is 4. The van der Waals surface area contributed by atoms with Crippen LogP contribution in [0.5, 0.6) is 5.75 Å². The lowest BCUT2D eigenvalue weighted by Crippen LogP contribution is -2.63. The largest absolute Gasteiger partial charge is 0.508 e.